The monoisotopic (exact) mass is 366 g/mol. The summed E-state index contributed by atoms with van der Waals surface area (Å²) in [5.74, 6) is 0.779. The van der Waals surface area contributed by atoms with Crippen LogP contribution in [0.4, 0.5) is 0 Å². The Kier molecular flexibility index (Phi) is 4.61. The molecule has 1 heterocycles. The standard InChI is InChI=1S/C20H22N4OS/c1-22(17-12-11-15-7-3-4-8-16(15)17)14-24-20(26)23(13-21-24)18-9-5-6-10-19(18)25-2/h3-10,13,17H,11-12,14H2,1-2H3. The molecule has 26 heavy (non-hydrogen) atoms. The number of aromatic nitrogens is 3. The van der Waals surface area contributed by atoms with E-state index in [-0.39, 0.29) is 0 Å². The Balaban J connectivity index is 1.59. The summed E-state index contributed by atoms with van der Waals surface area (Å²) in [5.41, 5.74) is 3.78. The normalized spacial score (nSPS) is 16.0. The number of fused-ring (bicyclic) bond motifs is 1. The van der Waals surface area contributed by atoms with Crippen molar-refractivity contribution in [2.45, 2.75) is 25.6 Å². The third kappa shape index (κ3) is 2.95. The molecule has 1 aromatic heterocycles. The molecule has 2 aromatic carbocycles. The molecule has 134 valence electrons. The van der Waals surface area contributed by atoms with E-state index in [1.807, 2.05) is 33.5 Å². The van der Waals surface area contributed by atoms with E-state index in [1.165, 1.54) is 11.1 Å². The second-order valence-electron chi connectivity index (χ2n) is 6.61. The highest BCUT2D eigenvalue weighted by Crippen LogP contribution is 2.35. The van der Waals surface area contributed by atoms with Crippen molar-refractivity contribution in [3.63, 3.8) is 0 Å². The molecule has 1 atom stereocenters. The predicted molar refractivity (Wildman–Crippen MR) is 104 cm³/mol. The predicted octanol–water partition coefficient (Wildman–Crippen LogP) is 3.99. The van der Waals surface area contributed by atoms with E-state index < -0.39 is 0 Å². The van der Waals surface area contributed by atoms with Crippen molar-refractivity contribution in [3.8, 4) is 11.4 Å². The van der Waals surface area contributed by atoms with Crippen molar-refractivity contribution in [2.24, 2.45) is 0 Å². The van der Waals surface area contributed by atoms with Crippen LogP contribution in [0.2, 0.25) is 0 Å². The van der Waals surface area contributed by atoms with Gasteiger partial charge in [0.15, 0.2) is 0 Å². The van der Waals surface area contributed by atoms with Crippen LogP contribution in [0.15, 0.2) is 54.9 Å². The van der Waals surface area contributed by atoms with Crippen molar-refractivity contribution in [2.75, 3.05) is 14.2 Å². The van der Waals surface area contributed by atoms with Gasteiger partial charge < -0.3 is 4.74 Å². The maximum Gasteiger partial charge on any atom is 0.203 e. The minimum absolute atomic E-state index is 0.407. The Morgan fingerprint density at radius 3 is 2.81 bits per heavy atom. The molecule has 1 unspecified atom stereocenters. The quantitative estimate of drug-likeness (QED) is 0.640. The Labute approximate surface area is 158 Å². The third-order valence-corrected chi connectivity index (χ3v) is 5.48. The fraction of sp³-hybridized carbons (Fsp3) is 0.300. The van der Waals surface area contributed by atoms with Crippen LogP contribution in [0.25, 0.3) is 5.69 Å². The van der Waals surface area contributed by atoms with E-state index in [9.17, 15) is 0 Å². The lowest BCUT2D eigenvalue weighted by Gasteiger charge is -2.24. The molecule has 6 heteroatoms. The van der Waals surface area contributed by atoms with Crippen molar-refractivity contribution in [3.05, 3.63) is 70.8 Å². The molecular formula is C20H22N4OS. The number of aryl methyl sites for hydroxylation is 1. The van der Waals surface area contributed by atoms with E-state index in [0.717, 1.165) is 24.3 Å². The van der Waals surface area contributed by atoms with Crippen molar-refractivity contribution < 1.29 is 4.74 Å². The summed E-state index contributed by atoms with van der Waals surface area (Å²) in [5, 5.41) is 4.51. The molecule has 1 aliphatic rings. The van der Waals surface area contributed by atoms with E-state index in [4.69, 9.17) is 17.0 Å². The number of rotatable bonds is 5. The SMILES string of the molecule is COc1ccccc1-n1cnn(CN(C)C2CCc3ccccc32)c1=S. The molecule has 3 aromatic rings. The first-order valence-corrected chi connectivity index (χ1v) is 9.16. The maximum absolute atomic E-state index is 5.67. The summed E-state index contributed by atoms with van der Waals surface area (Å²) in [6.07, 6.45) is 4.03. The summed E-state index contributed by atoms with van der Waals surface area (Å²) in [7, 11) is 3.80. The fourth-order valence-electron chi connectivity index (χ4n) is 3.73. The van der Waals surface area contributed by atoms with Crippen molar-refractivity contribution >= 4 is 12.2 Å². The van der Waals surface area contributed by atoms with Gasteiger partial charge in [-0.15, -0.1) is 0 Å². The highest BCUT2D eigenvalue weighted by Gasteiger charge is 2.25. The molecule has 1 aliphatic carbocycles. The second kappa shape index (κ2) is 7.05. The average molecular weight is 366 g/mol. The number of ether oxygens (including phenoxy) is 1. The minimum Gasteiger partial charge on any atom is -0.495 e. The number of hydrogen-bond donors (Lipinski definition) is 0. The van der Waals surface area contributed by atoms with E-state index in [2.05, 4.69) is 41.3 Å². The molecule has 0 saturated carbocycles. The summed E-state index contributed by atoms with van der Waals surface area (Å²) >= 11 is 5.67. The van der Waals surface area contributed by atoms with Crippen molar-refractivity contribution in [1.82, 2.24) is 19.2 Å². The molecule has 5 nitrogen and oxygen atoms in total. The number of benzene rings is 2. The van der Waals surface area contributed by atoms with Crippen LogP contribution in [0.5, 0.6) is 5.75 Å². The largest absolute Gasteiger partial charge is 0.495 e. The van der Waals surface area contributed by atoms with E-state index >= 15 is 0 Å². The molecular weight excluding hydrogens is 344 g/mol. The Bertz CT molecular complexity index is 978. The van der Waals surface area contributed by atoms with Gasteiger partial charge in [0, 0.05) is 6.04 Å². The summed E-state index contributed by atoms with van der Waals surface area (Å²) in [6.45, 7) is 0.653. The van der Waals surface area contributed by atoms with Gasteiger partial charge in [-0.05, 0) is 55.4 Å². The van der Waals surface area contributed by atoms with Crippen LogP contribution >= 0.6 is 12.2 Å². The Hall–Kier alpha value is -2.44. The topological polar surface area (TPSA) is 35.2 Å². The highest BCUT2D eigenvalue weighted by atomic mass is 32.1. The van der Waals surface area contributed by atoms with Crippen LogP contribution in [0.1, 0.15) is 23.6 Å². The molecule has 0 fully saturated rings. The molecule has 0 bridgehead atoms. The lowest BCUT2D eigenvalue weighted by Crippen LogP contribution is -2.26. The second-order valence-corrected chi connectivity index (χ2v) is 6.97. The lowest BCUT2D eigenvalue weighted by molar-refractivity contribution is 0.182. The summed E-state index contributed by atoms with van der Waals surface area (Å²) in [4.78, 5) is 2.32. The maximum atomic E-state index is 5.67. The molecule has 0 saturated heterocycles. The molecule has 0 N–H and O–H groups in total. The number of methoxy groups -OCH3 is 1. The summed E-state index contributed by atoms with van der Waals surface area (Å²) in [6, 6.07) is 16.9. The molecule has 0 radical (unpaired) electrons. The van der Waals surface area contributed by atoms with Gasteiger partial charge in [0.2, 0.25) is 4.77 Å². The number of para-hydroxylation sites is 2. The average Bonchev–Trinajstić information content (AvgIpc) is 3.26. The van der Waals surface area contributed by atoms with Gasteiger partial charge in [-0.3, -0.25) is 9.47 Å². The Morgan fingerprint density at radius 1 is 1.19 bits per heavy atom. The van der Waals surface area contributed by atoms with E-state index in [1.54, 1.807) is 13.4 Å². The lowest BCUT2D eigenvalue weighted by atomic mass is 10.1. The van der Waals surface area contributed by atoms with Crippen LogP contribution in [0.3, 0.4) is 0 Å². The Morgan fingerprint density at radius 2 is 1.96 bits per heavy atom. The molecule has 0 spiro atoms. The zero-order chi connectivity index (χ0) is 18.1. The highest BCUT2D eigenvalue weighted by molar-refractivity contribution is 7.71. The van der Waals surface area contributed by atoms with Crippen molar-refractivity contribution in [1.29, 1.82) is 0 Å². The summed E-state index contributed by atoms with van der Waals surface area (Å²) < 4.78 is 9.87. The molecule has 0 amide bonds. The van der Waals surface area contributed by atoms with Gasteiger partial charge in [0.1, 0.15) is 12.1 Å². The zero-order valence-corrected chi connectivity index (χ0v) is 15.8. The van der Waals surface area contributed by atoms with Gasteiger partial charge >= 0.3 is 0 Å². The first-order valence-electron chi connectivity index (χ1n) is 8.75. The smallest absolute Gasteiger partial charge is 0.203 e. The number of nitrogens with zero attached hydrogens (tertiary/aromatic N) is 4. The molecule has 0 aliphatic heterocycles. The van der Waals surface area contributed by atoms with Gasteiger partial charge in [0.05, 0.1) is 19.5 Å². The minimum atomic E-state index is 0.407. The molecule has 4 rings (SSSR count). The first kappa shape index (κ1) is 17.0. The van der Waals surface area contributed by atoms with Gasteiger partial charge in [-0.2, -0.15) is 5.10 Å². The first-order chi connectivity index (χ1) is 12.7. The number of hydrogen-bond acceptors (Lipinski definition) is 4. The van der Waals surface area contributed by atoms with Crippen LogP contribution in [0, 0.1) is 4.77 Å². The zero-order valence-electron chi connectivity index (χ0n) is 15.0. The van der Waals surface area contributed by atoms with Crippen LogP contribution < -0.4 is 4.74 Å². The van der Waals surface area contributed by atoms with E-state index in [0.29, 0.717) is 17.5 Å². The fourth-order valence-corrected chi connectivity index (χ4v) is 3.98. The van der Waals surface area contributed by atoms with Crippen LogP contribution in [-0.2, 0) is 13.1 Å². The third-order valence-electron chi connectivity index (χ3n) is 5.07. The van der Waals surface area contributed by atoms with Crippen LogP contribution in [-0.4, -0.2) is 33.4 Å². The van der Waals surface area contributed by atoms with Gasteiger partial charge in [-0.25, -0.2) is 4.68 Å². The van der Waals surface area contributed by atoms with Gasteiger partial charge in [0.25, 0.3) is 0 Å². The van der Waals surface area contributed by atoms with Gasteiger partial charge in [-0.1, -0.05) is 36.4 Å².